The molecule has 0 aliphatic rings. The molecule has 0 radical (unpaired) electrons. The topological polar surface area (TPSA) is 122 Å². The molecule has 1 atom stereocenters. The van der Waals surface area contributed by atoms with Crippen LogP contribution in [-0.2, 0) is 29.2 Å². The van der Waals surface area contributed by atoms with Gasteiger partial charge in [0.1, 0.15) is 5.57 Å². The van der Waals surface area contributed by atoms with Crippen molar-refractivity contribution in [3.05, 3.63) is 12.2 Å². The Kier molecular flexibility index (Phi) is 9.02. The van der Waals surface area contributed by atoms with Gasteiger partial charge in [-0.3, -0.25) is 4.79 Å². The first-order valence-electron chi connectivity index (χ1n) is 7.90. The molecule has 0 aliphatic carbocycles. The third-order valence-electron chi connectivity index (χ3n) is 3.23. The maximum Gasteiger partial charge on any atom is 0.466 e. The molecule has 1 unspecified atom stereocenters. The largest absolute Gasteiger partial charge is 0.743 e. The molecule has 8 nitrogen and oxygen atoms in total. The Balaban J connectivity index is 6.12. The summed E-state index contributed by atoms with van der Waals surface area (Å²) >= 11 is 0. The average Bonchev–Trinajstić information content (AvgIpc) is 2.54. The molecule has 0 bridgehead atoms. The molecule has 0 aromatic rings. The Morgan fingerprint density at radius 3 is 1.90 bits per heavy atom. The molecule has 0 saturated heterocycles. The number of halogens is 8. The third-order valence-corrected chi connectivity index (χ3v) is 4.17. The Morgan fingerprint density at radius 2 is 1.55 bits per heavy atom. The van der Waals surface area contributed by atoms with Crippen LogP contribution in [0.25, 0.3) is 0 Å². The lowest BCUT2D eigenvalue weighted by molar-refractivity contribution is -0.348. The van der Waals surface area contributed by atoms with E-state index in [0.29, 0.717) is 0 Å². The Bertz CT molecular complexity index is 791. The summed E-state index contributed by atoms with van der Waals surface area (Å²) in [6.07, 6.45) is -14.0. The van der Waals surface area contributed by atoms with E-state index >= 15 is 0 Å². The Hall–Kier alpha value is -2.01. The predicted octanol–water partition coefficient (Wildman–Crippen LogP) is 2.22. The van der Waals surface area contributed by atoms with Gasteiger partial charge in [-0.2, -0.15) is 35.1 Å². The number of carbonyl (C=O) groups is 2. The number of ether oxygens (including phenoxy) is 2. The van der Waals surface area contributed by atoms with Crippen LogP contribution in [0.3, 0.4) is 0 Å². The van der Waals surface area contributed by atoms with Gasteiger partial charge in [0, 0.05) is 13.0 Å². The minimum atomic E-state index is -6.37. The molecule has 0 saturated carbocycles. The third kappa shape index (κ3) is 7.57. The van der Waals surface area contributed by atoms with E-state index in [0.717, 1.165) is 0 Å². The molecule has 1 amide bonds. The van der Waals surface area contributed by atoms with Gasteiger partial charge in [0.25, 0.3) is 0 Å². The van der Waals surface area contributed by atoms with Crippen molar-refractivity contribution < 1.29 is 67.2 Å². The van der Waals surface area contributed by atoms with E-state index in [2.05, 4.69) is 16.1 Å². The van der Waals surface area contributed by atoms with E-state index < -0.39 is 76.5 Å². The summed E-state index contributed by atoms with van der Waals surface area (Å²) in [6, 6.07) is 0. The summed E-state index contributed by atoms with van der Waals surface area (Å²) < 4.78 is 143. The van der Waals surface area contributed by atoms with Crippen LogP contribution in [0.5, 0.6) is 0 Å². The highest BCUT2D eigenvalue weighted by molar-refractivity contribution is 7.86. The fraction of sp³-hybridized carbons (Fsp3) is 0.714. The quantitative estimate of drug-likeness (QED) is 0.163. The summed E-state index contributed by atoms with van der Waals surface area (Å²) in [6.45, 7) is 2.35. The molecular weight excluding hydrogens is 478 g/mol. The zero-order chi connectivity index (χ0) is 25.1. The molecule has 0 heterocycles. The molecule has 182 valence electrons. The minimum absolute atomic E-state index is 0.536. The van der Waals surface area contributed by atoms with Gasteiger partial charge in [0.2, 0.25) is 0 Å². The number of nitrogens with one attached hydrogen (secondary N) is 1. The molecule has 0 aliphatic heterocycles. The van der Waals surface area contributed by atoms with Gasteiger partial charge in [-0.15, -0.1) is 0 Å². The van der Waals surface area contributed by atoms with Crippen molar-refractivity contribution in [1.82, 2.24) is 5.32 Å². The van der Waals surface area contributed by atoms with Crippen LogP contribution in [0.1, 0.15) is 20.3 Å². The number of hydrogen-bond donors (Lipinski definition) is 1. The minimum Gasteiger partial charge on any atom is -0.743 e. The first kappa shape index (κ1) is 29.0. The lowest BCUT2D eigenvalue weighted by Crippen LogP contribution is -2.62. The molecule has 0 rings (SSSR count). The van der Waals surface area contributed by atoms with Crippen molar-refractivity contribution in [3.63, 3.8) is 0 Å². The number of amides is 1. The zero-order valence-corrected chi connectivity index (χ0v) is 16.5. The first-order chi connectivity index (χ1) is 13.6. The van der Waals surface area contributed by atoms with Gasteiger partial charge in [0.15, 0.2) is 10.1 Å². The van der Waals surface area contributed by atoms with Gasteiger partial charge < -0.3 is 19.3 Å². The van der Waals surface area contributed by atoms with Crippen LogP contribution in [0.4, 0.5) is 35.1 Å². The summed E-state index contributed by atoms with van der Waals surface area (Å²) in [5.74, 6) is -10.7. The second kappa shape index (κ2) is 9.64. The zero-order valence-electron chi connectivity index (χ0n) is 15.7. The van der Waals surface area contributed by atoms with Gasteiger partial charge in [-0.05, 0) is 5.92 Å². The molecule has 0 spiro atoms. The Morgan fingerprint density at radius 1 is 1.06 bits per heavy atom. The lowest BCUT2D eigenvalue weighted by Gasteiger charge is -2.34. The molecule has 0 aromatic carbocycles. The van der Waals surface area contributed by atoms with Crippen molar-refractivity contribution in [3.8, 4) is 0 Å². The van der Waals surface area contributed by atoms with Crippen LogP contribution in [0.15, 0.2) is 12.2 Å². The molecular formula is C14H16F8NO7S-. The Labute approximate surface area is 170 Å². The number of alkyl halides is 8. The van der Waals surface area contributed by atoms with E-state index in [4.69, 9.17) is 0 Å². The SMILES string of the molecule is C=C(C(=O)OC(OCCC(F)(F)S(=O)(=O)[O-])(C(=O)NCC(C)C)C(F)(F)F)C(F)(F)F. The van der Waals surface area contributed by atoms with E-state index in [1.165, 1.54) is 13.8 Å². The number of rotatable bonds is 10. The maximum absolute atomic E-state index is 13.6. The second-order valence-corrected chi connectivity index (χ2v) is 7.78. The lowest BCUT2D eigenvalue weighted by atomic mass is 10.2. The van der Waals surface area contributed by atoms with Crippen LogP contribution in [0.2, 0.25) is 0 Å². The average molecular weight is 494 g/mol. The van der Waals surface area contributed by atoms with E-state index in [-0.39, 0.29) is 0 Å². The number of hydrogen-bond acceptors (Lipinski definition) is 7. The maximum atomic E-state index is 13.6. The highest BCUT2D eigenvalue weighted by Gasteiger charge is 2.67. The van der Waals surface area contributed by atoms with Gasteiger partial charge in [0.05, 0.1) is 6.61 Å². The highest BCUT2D eigenvalue weighted by atomic mass is 32.2. The standard InChI is InChI=1S/C14H17F8NO7S/c1-7(2)6-23-10(25)12(14(20,21)22,30-9(24)8(3)13(17,18)19)29-5-4-11(15,16)31(26,27)28/h7H,3-6H2,1-2H3,(H,23,25)(H,26,27,28)/p-1. The molecule has 0 fully saturated rings. The molecule has 0 aromatic heterocycles. The molecule has 31 heavy (non-hydrogen) atoms. The number of carbonyl (C=O) groups excluding carboxylic acids is 2. The summed E-state index contributed by atoms with van der Waals surface area (Å²) in [5.41, 5.74) is -2.49. The molecule has 17 heteroatoms. The number of esters is 1. The fourth-order valence-electron chi connectivity index (χ4n) is 1.57. The smallest absolute Gasteiger partial charge is 0.466 e. The van der Waals surface area contributed by atoms with Crippen LogP contribution in [-0.4, -0.2) is 61.4 Å². The predicted molar refractivity (Wildman–Crippen MR) is 83.1 cm³/mol. The second-order valence-electron chi connectivity index (χ2n) is 6.27. The van der Waals surface area contributed by atoms with Crippen molar-refractivity contribution in [2.75, 3.05) is 13.2 Å². The van der Waals surface area contributed by atoms with E-state index in [9.17, 15) is 57.7 Å². The first-order valence-corrected chi connectivity index (χ1v) is 9.31. The van der Waals surface area contributed by atoms with Crippen molar-refractivity contribution in [2.45, 2.75) is 43.7 Å². The summed E-state index contributed by atoms with van der Waals surface area (Å²) in [7, 11) is -6.37. The van der Waals surface area contributed by atoms with E-state index in [1.54, 1.807) is 5.32 Å². The fourth-order valence-corrected chi connectivity index (χ4v) is 1.90. The normalized spacial score (nSPS) is 15.4. The molecule has 1 N–H and O–H groups in total. The van der Waals surface area contributed by atoms with Gasteiger partial charge in [-0.25, -0.2) is 13.2 Å². The van der Waals surface area contributed by atoms with Crippen molar-refractivity contribution in [2.24, 2.45) is 5.92 Å². The van der Waals surface area contributed by atoms with Gasteiger partial charge >= 0.3 is 35.3 Å². The summed E-state index contributed by atoms with van der Waals surface area (Å²) in [5, 5.41) is -3.62. The van der Waals surface area contributed by atoms with Crippen LogP contribution >= 0.6 is 0 Å². The summed E-state index contributed by atoms with van der Waals surface area (Å²) in [4.78, 5) is 23.6. The monoisotopic (exact) mass is 494 g/mol. The highest BCUT2D eigenvalue weighted by Crippen LogP contribution is 2.38. The van der Waals surface area contributed by atoms with E-state index in [1.807, 2.05) is 0 Å². The van der Waals surface area contributed by atoms with Crippen LogP contribution in [0, 0.1) is 5.92 Å². The van der Waals surface area contributed by atoms with Crippen molar-refractivity contribution in [1.29, 1.82) is 0 Å². The van der Waals surface area contributed by atoms with Gasteiger partial charge in [-0.1, -0.05) is 20.4 Å². The van der Waals surface area contributed by atoms with Crippen molar-refractivity contribution >= 4 is 22.0 Å². The van der Waals surface area contributed by atoms with Crippen LogP contribution < -0.4 is 5.32 Å².